The summed E-state index contributed by atoms with van der Waals surface area (Å²) in [6.07, 6.45) is 8.85. The molecule has 0 atom stereocenters. The van der Waals surface area contributed by atoms with Gasteiger partial charge in [0.1, 0.15) is 0 Å². The summed E-state index contributed by atoms with van der Waals surface area (Å²) in [5.41, 5.74) is 0.766. The lowest BCUT2D eigenvalue weighted by molar-refractivity contribution is -0.208. The van der Waals surface area contributed by atoms with Gasteiger partial charge in [-0.05, 0) is 18.4 Å². The van der Waals surface area contributed by atoms with Gasteiger partial charge in [0.2, 0.25) is 0 Å². The average Bonchev–Trinajstić information content (AvgIpc) is 2.46. The second-order valence-corrected chi connectivity index (χ2v) is 5.51. The summed E-state index contributed by atoms with van der Waals surface area (Å²) >= 11 is 0. The fraction of sp³-hybridized carbons (Fsp3) is 0.588. The third-order valence-electron chi connectivity index (χ3n) is 3.74. The second kappa shape index (κ2) is 8.80. The molecule has 1 aromatic carbocycles. The van der Waals surface area contributed by atoms with E-state index in [2.05, 4.69) is 6.92 Å². The topological polar surface area (TPSA) is 77.8 Å². The van der Waals surface area contributed by atoms with Gasteiger partial charge in [-0.25, -0.2) is 4.79 Å². The van der Waals surface area contributed by atoms with Crippen molar-refractivity contribution in [3.63, 3.8) is 0 Å². The highest BCUT2D eigenvalue weighted by Crippen LogP contribution is 2.24. The van der Waals surface area contributed by atoms with Crippen LogP contribution < -0.4 is 0 Å². The Labute approximate surface area is 126 Å². The van der Waals surface area contributed by atoms with Crippen molar-refractivity contribution in [1.82, 2.24) is 0 Å². The zero-order valence-corrected chi connectivity index (χ0v) is 12.7. The van der Waals surface area contributed by atoms with Crippen molar-refractivity contribution in [2.45, 2.75) is 64.1 Å². The van der Waals surface area contributed by atoms with Crippen molar-refractivity contribution < 1.29 is 20.1 Å². The van der Waals surface area contributed by atoms with Gasteiger partial charge >= 0.3 is 5.97 Å². The summed E-state index contributed by atoms with van der Waals surface area (Å²) in [6.45, 7) is 2.19. The van der Waals surface area contributed by atoms with Crippen molar-refractivity contribution in [3.05, 3.63) is 35.4 Å². The maximum atomic E-state index is 11.0. The molecule has 21 heavy (non-hydrogen) atoms. The average molecular weight is 294 g/mol. The van der Waals surface area contributed by atoms with Crippen molar-refractivity contribution in [3.8, 4) is 0 Å². The minimum absolute atomic E-state index is 0.0727. The molecule has 0 aliphatic rings. The summed E-state index contributed by atoms with van der Waals surface area (Å²) < 4.78 is 0. The van der Waals surface area contributed by atoms with Crippen LogP contribution in [0.5, 0.6) is 0 Å². The molecular formula is C17H26O4. The quantitative estimate of drug-likeness (QED) is 0.457. The van der Waals surface area contributed by atoms with E-state index in [1.165, 1.54) is 38.2 Å². The number of aryl methyl sites for hydroxylation is 1. The summed E-state index contributed by atoms with van der Waals surface area (Å²) in [7, 11) is 0. The van der Waals surface area contributed by atoms with Crippen molar-refractivity contribution >= 4 is 5.97 Å². The Morgan fingerprint density at radius 1 is 1.00 bits per heavy atom. The molecule has 0 aliphatic carbocycles. The number of aliphatic hydroxyl groups is 2. The highest BCUT2D eigenvalue weighted by atomic mass is 16.5. The van der Waals surface area contributed by atoms with Crippen molar-refractivity contribution in [1.29, 1.82) is 0 Å². The Kier molecular flexibility index (Phi) is 7.40. The van der Waals surface area contributed by atoms with Crippen LogP contribution in [0.3, 0.4) is 0 Å². The predicted molar refractivity (Wildman–Crippen MR) is 81.9 cm³/mol. The first-order valence-corrected chi connectivity index (χ1v) is 7.76. The van der Waals surface area contributed by atoms with E-state index in [9.17, 15) is 15.0 Å². The van der Waals surface area contributed by atoms with Gasteiger partial charge in [0.05, 0.1) is 0 Å². The van der Waals surface area contributed by atoms with Crippen LogP contribution in [0.1, 0.15) is 63.0 Å². The van der Waals surface area contributed by atoms with Crippen LogP contribution in [0.2, 0.25) is 0 Å². The number of carboxylic acids is 1. The normalized spacial score (nSPS) is 11.6. The molecule has 4 heteroatoms. The smallest absolute Gasteiger partial charge is 0.369 e. The van der Waals surface area contributed by atoms with Gasteiger partial charge in [0.25, 0.3) is 5.79 Å². The molecule has 0 bridgehead atoms. The number of unbranched alkanes of at least 4 members (excludes halogenated alkanes) is 6. The van der Waals surface area contributed by atoms with E-state index < -0.39 is 11.8 Å². The summed E-state index contributed by atoms with van der Waals surface area (Å²) in [4.78, 5) is 11.0. The van der Waals surface area contributed by atoms with Crippen LogP contribution in [-0.2, 0) is 17.0 Å². The molecule has 0 unspecified atom stereocenters. The molecule has 0 saturated carbocycles. The summed E-state index contributed by atoms with van der Waals surface area (Å²) in [5.74, 6) is -4.45. The number of carboxylic acid groups (broad SMARTS) is 1. The number of carbonyl (C=O) groups is 1. The second-order valence-electron chi connectivity index (χ2n) is 5.51. The molecule has 0 amide bonds. The van der Waals surface area contributed by atoms with E-state index in [1.807, 2.05) is 0 Å². The number of aliphatic carboxylic acids is 1. The van der Waals surface area contributed by atoms with E-state index in [4.69, 9.17) is 5.11 Å². The first kappa shape index (κ1) is 17.7. The minimum atomic E-state index is -2.81. The number of rotatable bonds is 10. The SMILES string of the molecule is CCCCCCCCCc1ccccc1C(O)(O)C(=O)O. The number of hydrogen-bond acceptors (Lipinski definition) is 3. The largest absolute Gasteiger partial charge is 0.477 e. The van der Waals surface area contributed by atoms with Gasteiger partial charge in [-0.1, -0.05) is 69.7 Å². The summed E-state index contributed by atoms with van der Waals surface area (Å²) in [6, 6.07) is 6.63. The van der Waals surface area contributed by atoms with E-state index in [0.29, 0.717) is 12.0 Å². The van der Waals surface area contributed by atoms with Gasteiger partial charge in [-0.2, -0.15) is 0 Å². The van der Waals surface area contributed by atoms with Gasteiger partial charge < -0.3 is 15.3 Å². The van der Waals surface area contributed by atoms with E-state index in [0.717, 1.165) is 12.8 Å². The highest BCUT2D eigenvalue weighted by Gasteiger charge is 2.37. The first-order valence-electron chi connectivity index (χ1n) is 7.76. The summed E-state index contributed by atoms with van der Waals surface area (Å²) in [5, 5.41) is 28.3. The lowest BCUT2D eigenvalue weighted by Gasteiger charge is -2.20. The van der Waals surface area contributed by atoms with Crippen LogP contribution in [0.4, 0.5) is 0 Å². The van der Waals surface area contributed by atoms with E-state index in [1.54, 1.807) is 18.2 Å². The molecule has 1 rings (SSSR count). The van der Waals surface area contributed by atoms with Crippen LogP contribution in [0.15, 0.2) is 24.3 Å². The lowest BCUT2D eigenvalue weighted by Crippen LogP contribution is -2.36. The minimum Gasteiger partial charge on any atom is -0.477 e. The fourth-order valence-corrected chi connectivity index (χ4v) is 2.47. The Morgan fingerprint density at radius 3 is 2.19 bits per heavy atom. The molecule has 0 radical (unpaired) electrons. The van der Waals surface area contributed by atoms with E-state index in [-0.39, 0.29) is 5.56 Å². The molecule has 118 valence electrons. The highest BCUT2D eigenvalue weighted by molar-refractivity contribution is 5.77. The Balaban J connectivity index is 2.51. The Morgan fingerprint density at radius 2 is 1.57 bits per heavy atom. The standard InChI is InChI=1S/C17H26O4/c1-2-3-4-5-6-7-8-11-14-12-9-10-13-15(14)17(20,21)16(18)19/h9-10,12-13,20-21H,2-8,11H2,1H3,(H,18,19). The van der Waals surface area contributed by atoms with Crippen LogP contribution in [0, 0.1) is 0 Å². The molecule has 0 saturated heterocycles. The lowest BCUT2D eigenvalue weighted by atomic mass is 9.95. The molecule has 0 fully saturated rings. The number of benzene rings is 1. The molecule has 0 aliphatic heterocycles. The van der Waals surface area contributed by atoms with Gasteiger partial charge in [-0.15, -0.1) is 0 Å². The molecule has 4 nitrogen and oxygen atoms in total. The molecule has 1 aromatic rings. The zero-order valence-electron chi connectivity index (χ0n) is 12.7. The van der Waals surface area contributed by atoms with E-state index >= 15 is 0 Å². The number of hydrogen-bond donors (Lipinski definition) is 3. The monoisotopic (exact) mass is 294 g/mol. The maximum Gasteiger partial charge on any atom is 0.369 e. The first-order chi connectivity index (χ1) is 10.00. The fourth-order valence-electron chi connectivity index (χ4n) is 2.47. The molecule has 0 aromatic heterocycles. The molecular weight excluding hydrogens is 268 g/mol. The molecule has 0 spiro atoms. The Bertz CT molecular complexity index is 440. The van der Waals surface area contributed by atoms with Crippen LogP contribution in [-0.4, -0.2) is 21.3 Å². The third-order valence-corrected chi connectivity index (χ3v) is 3.74. The Hall–Kier alpha value is -1.39. The molecule has 0 heterocycles. The van der Waals surface area contributed by atoms with Crippen LogP contribution in [0.25, 0.3) is 0 Å². The van der Waals surface area contributed by atoms with Crippen LogP contribution >= 0.6 is 0 Å². The molecule has 3 N–H and O–H groups in total. The predicted octanol–water partition coefficient (Wildman–Crippen LogP) is 3.20. The maximum absolute atomic E-state index is 11.0. The van der Waals surface area contributed by atoms with Gasteiger partial charge in [0, 0.05) is 5.56 Å². The van der Waals surface area contributed by atoms with Gasteiger partial charge in [-0.3, -0.25) is 0 Å². The zero-order chi connectivity index (χ0) is 15.7. The van der Waals surface area contributed by atoms with Crippen molar-refractivity contribution in [2.24, 2.45) is 0 Å². The van der Waals surface area contributed by atoms with Crippen molar-refractivity contribution in [2.75, 3.05) is 0 Å². The van der Waals surface area contributed by atoms with Gasteiger partial charge in [0.15, 0.2) is 0 Å². The third kappa shape index (κ3) is 5.48.